The topological polar surface area (TPSA) is 49.6 Å². The highest BCUT2D eigenvalue weighted by Crippen LogP contribution is 2.25. The Morgan fingerprint density at radius 2 is 1.96 bits per heavy atom. The van der Waals surface area contributed by atoms with Crippen molar-refractivity contribution in [2.45, 2.75) is 51.5 Å². The Bertz CT molecular complexity index is 724. The molecule has 0 spiro atoms. The minimum Gasteiger partial charge on any atom is -0.371 e. The van der Waals surface area contributed by atoms with Crippen molar-refractivity contribution in [3.05, 3.63) is 30.1 Å². The Balaban J connectivity index is 1.54. The van der Waals surface area contributed by atoms with Gasteiger partial charge in [-0.3, -0.25) is 4.79 Å². The fourth-order valence-corrected chi connectivity index (χ4v) is 3.98. The van der Waals surface area contributed by atoms with E-state index < -0.39 is 0 Å². The van der Waals surface area contributed by atoms with Crippen molar-refractivity contribution >= 4 is 17.1 Å². The van der Waals surface area contributed by atoms with Gasteiger partial charge < -0.3 is 10.2 Å². The van der Waals surface area contributed by atoms with Gasteiger partial charge in [-0.1, -0.05) is 6.92 Å². The summed E-state index contributed by atoms with van der Waals surface area (Å²) in [4.78, 5) is 15.1. The van der Waals surface area contributed by atoms with Crippen molar-refractivity contribution < 1.29 is 4.79 Å². The molecule has 1 amide bonds. The predicted octanol–water partition coefficient (Wildman–Crippen LogP) is 3.24. The maximum atomic E-state index is 12.7. The van der Waals surface area contributed by atoms with Gasteiger partial charge in [-0.25, -0.2) is 4.52 Å². The highest BCUT2D eigenvalue weighted by atomic mass is 16.1. The minimum absolute atomic E-state index is 0.0168. The van der Waals surface area contributed by atoms with E-state index in [4.69, 9.17) is 0 Å². The first kappa shape index (κ1) is 15.5. The van der Waals surface area contributed by atoms with E-state index in [2.05, 4.69) is 34.4 Å². The number of fused-ring (bicyclic) bond motifs is 1. The second-order valence-electron chi connectivity index (χ2n) is 7.40. The first-order valence-corrected chi connectivity index (χ1v) is 9.24. The molecule has 0 atom stereocenters. The summed E-state index contributed by atoms with van der Waals surface area (Å²) >= 11 is 0. The number of rotatable bonds is 3. The van der Waals surface area contributed by atoms with Crippen LogP contribution in [0.15, 0.2) is 24.5 Å². The molecule has 128 valence electrons. The number of anilines is 1. The molecule has 0 bridgehead atoms. The van der Waals surface area contributed by atoms with E-state index in [-0.39, 0.29) is 5.91 Å². The second kappa shape index (κ2) is 6.46. The zero-order chi connectivity index (χ0) is 16.5. The number of pyridine rings is 1. The van der Waals surface area contributed by atoms with Crippen LogP contribution < -0.4 is 10.2 Å². The lowest BCUT2D eigenvalue weighted by Crippen LogP contribution is -2.37. The van der Waals surface area contributed by atoms with Crippen molar-refractivity contribution in [2.24, 2.45) is 5.92 Å². The number of carbonyl (C=O) groups is 1. The van der Waals surface area contributed by atoms with E-state index >= 15 is 0 Å². The van der Waals surface area contributed by atoms with E-state index in [0.29, 0.717) is 11.6 Å². The Morgan fingerprint density at radius 1 is 1.21 bits per heavy atom. The fourth-order valence-electron chi connectivity index (χ4n) is 3.98. The Hall–Kier alpha value is -2.04. The molecule has 0 radical (unpaired) electrons. The smallest absolute Gasteiger partial charge is 0.255 e. The van der Waals surface area contributed by atoms with Gasteiger partial charge >= 0.3 is 0 Å². The number of hydrogen-bond acceptors (Lipinski definition) is 3. The van der Waals surface area contributed by atoms with Gasteiger partial charge in [0.15, 0.2) is 0 Å². The normalized spacial score (nSPS) is 24.5. The number of hydrogen-bond donors (Lipinski definition) is 1. The number of aromatic nitrogens is 2. The van der Waals surface area contributed by atoms with Gasteiger partial charge in [-0.15, -0.1) is 0 Å². The molecule has 2 aromatic rings. The Kier molecular flexibility index (Phi) is 4.17. The molecule has 2 fully saturated rings. The Morgan fingerprint density at radius 3 is 2.71 bits per heavy atom. The van der Waals surface area contributed by atoms with Crippen LogP contribution >= 0.6 is 0 Å². The molecule has 2 aromatic heterocycles. The summed E-state index contributed by atoms with van der Waals surface area (Å²) in [5.41, 5.74) is 2.79. The third kappa shape index (κ3) is 2.99. The van der Waals surface area contributed by atoms with Gasteiger partial charge in [-0.2, -0.15) is 5.10 Å². The Labute approximate surface area is 143 Å². The van der Waals surface area contributed by atoms with Crippen LogP contribution in [0.3, 0.4) is 0 Å². The van der Waals surface area contributed by atoms with Crippen molar-refractivity contribution in [1.29, 1.82) is 0 Å². The lowest BCUT2D eigenvalue weighted by atomic mass is 9.87. The minimum atomic E-state index is 0.0168. The zero-order valence-corrected chi connectivity index (χ0v) is 14.4. The van der Waals surface area contributed by atoms with Crippen LogP contribution in [0, 0.1) is 5.92 Å². The summed E-state index contributed by atoms with van der Waals surface area (Å²) in [6.45, 7) is 4.50. The van der Waals surface area contributed by atoms with Gasteiger partial charge in [0.25, 0.3) is 5.91 Å². The van der Waals surface area contributed by atoms with E-state index in [1.165, 1.54) is 31.4 Å². The fraction of sp³-hybridized carbons (Fsp3) is 0.579. The highest BCUT2D eigenvalue weighted by molar-refractivity contribution is 6.01. The van der Waals surface area contributed by atoms with Crippen molar-refractivity contribution in [1.82, 2.24) is 14.9 Å². The summed E-state index contributed by atoms with van der Waals surface area (Å²) in [6.07, 6.45) is 10.7. The van der Waals surface area contributed by atoms with Gasteiger partial charge in [0.2, 0.25) is 0 Å². The second-order valence-corrected chi connectivity index (χ2v) is 7.40. The molecule has 1 aliphatic heterocycles. The quantitative estimate of drug-likeness (QED) is 0.942. The third-order valence-corrected chi connectivity index (χ3v) is 5.57. The first-order valence-electron chi connectivity index (χ1n) is 9.24. The predicted molar refractivity (Wildman–Crippen MR) is 95.5 cm³/mol. The van der Waals surface area contributed by atoms with Crippen LogP contribution in [0.25, 0.3) is 5.52 Å². The molecule has 0 unspecified atom stereocenters. The van der Waals surface area contributed by atoms with Gasteiger partial charge in [-0.05, 0) is 56.6 Å². The molecule has 1 saturated heterocycles. The molecule has 1 aliphatic carbocycles. The van der Waals surface area contributed by atoms with Crippen LogP contribution in [0.1, 0.15) is 55.8 Å². The molecule has 0 aromatic carbocycles. The van der Waals surface area contributed by atoms with E-state index in [1.807, 2.05) is 6.20 Å². The highest BCUT2D eigenvalue weighted by Gasteiger charge is 2.22. The van der Waals surface area contributed by atoms with Gasteiger partial charge in [0.1, 0.15) is 0 Å². The summed E-state index contributed by atoms with van der Waals surface area (Å²) in [6, 6.07) is 4.51. The molecular formula is C19H26N4O. The average Bonchev–Trinajstić information content (AvgIpc) is 3.25. The summed E-state index contributed by atoms with van der Waals surface area (Å²) in [5.74, 6) is 0.807. The molecule has 5 heteroatoms. The lowest BCUT2D eigenvalue weighted by Gasteiger charge is -2.26. The molecule has 3 heterocycles. The zero-order valence-electron chi connectivity index (χ0n) is 14.4. The van der Waals surface area contributed by atoms with Crippen LogP contribution in [-0.2, 0) is 0 Å². The largest absolute Gasteiger partial charge is 0.371 e. The van der Waals surface area contributed by atoms with Gasteiger partial charge in [0, 0.05) is 31.0 Å². The number of nitrogens with one attached hydrogen (secondary N) is 1. The molecule has 24 heavy (non-hydrogen) atoms. The van der Waals surface area contributed by atoms with Crippen LogP contribution in [0.4, 0.5) is 5.69 Å². The molecule has 2 aliphatic rings. The number of carbonyl (C=O) groups excluding carboxylic acids is 1. The SMILES string of the molecule is CC1CCC(NC(=O)c2cnn3ccc(N4CCCC4)cc23)CC1. The molecule has 4 rings (SSSR count). The van der Waals surface area contributed by atoms with Crippen LogP contribution in [-0.4, -0.2) is 34.7 Å². The standard InChI is InChI=1S/C19H26N4O/c1-14-4-6-15(7-5-14)21-19(24)17-13-20-23-11-8-16(12-18(17)23)22-9-2-3-10-22/h8,11-15H,2-7,9-10H2,1H3,(H,21,24). The molecule has 1 saturated carbocycles. The van der Waals surface area contributed by atoms with Crippen LogP contribution in [0.2, 0.25) is 0 Å². The van der Waals surface area contributed by atoms with Gasteiger partial charge in [0.05, 0.1) is 17.3 Å². The van der Waals surface area contributed by atoms with Crippen molar-refractivity contribution in [2.75, 3.05) is 18.0 Å². The van der Waals surface area contributed by atoms with Crippen molar-refractivity contribution in [3.8, 4) is 0 Å². The summed E-state index contributed by atoms with van der Waals surface area (Å²) in [5, 5.41) is 7.57. The van der Waals surface area contributed by atoms with E-state index in [1.54, 1.807) is 10.7 Å². The average molecular weight is 326 g/mol. The molecule has 5 nitrogen and oxygen atoms in total. The first-order chi connectivity index (χ1) is 11.7. The lowest BCUT2D eigenvalue weighted by molar-refractivity contribution is 0.0924. The molecule has 1 N–H and O–H groups in total. The monoisotopic (exact) mass is 326 g/mol. The van der Waals surface area contributed by atoms with E-state index in [0.717, 1.165) is 37.4 Å². The number of nitrogens with zero attached hydrogens (tertiary/aromatic N) is 3. The third-order valence-electron chi connectivity index (χ3n) is 5.57. The van der Waals surface area contributed by atoms with E-state index in [9.17, 15) is 4.79 Å². The summed E-state index contributed by atoms with van der Waals surface area (Å²) < 4.78 is 1.80. The van der Waals surface area contributed by atoms with Crippen molar-refractivity contribution in [3.63, 3.8) is 0 Å². The maximum Gasteiger partial charge on any atom is 0.255 e. The van der Waals surface area contributed by atoms with Crippen LogP contribution in [0.5, 0.6) is 0 Å². The maximum absolute atomic E-state index is 12.7. The summed E-state index contributed by atoms with van der Waals surface area (Å²) in [7, 11) is 0. The molecular weight excluding hydrogens is 300 g/mol. The number of amides is 1.